The Labute approximate surface area is 163 Å². The number of fused-ring (bicyclic) bond motifs is 2. The number of carbonyl (C=O) groups is 1. The normalized spacial score (nSPS) is 17.3. The van der Waals surface area contributed by atoms with Gasteiger partial charge in [-0.3, -0.25) is 4.79 Å². The molecule has 1 fully saturated rings. The molecule has 2 heterocycles. The van der Waals surface area contributed by atoms with Crippen LogP contribution in [0.1, 0.15) is 34.3 Å². The first-order valence-corrected chi connectivity index (χ1v) is 9.33. The van der Waals surface area contributed by atoms with Crippen LogP contribution in [0.3, 0.4) is 0 Å². The molecule has 1 spiro atoms. The first-order chi connectivity index (χ1) is 13.5. The van der Waals surface area contributed by atoms with E-state index in [-0.39, 0.29) is 34.1 Å². The van der Waals surface area contributed by atoms with Crippen LogP contribution in [0.5, 0.6) is 23.0 Å². The molecule has 0 unspecified atom stereocenters. The van der Waals surface area contributed by atoms with E-state index in [9.17, 15) is 15.0 Å². The minimum Gasteiger partial charge on any atom is -0.504 e. The van der Waals surface area contributed by atoms with Crippen LogP contribution in [0.15, 0.2) is 30.3 Å². The molecular formula is C21H24N2O5. The highest BCUT2D eigenvalue weighted by Gasteiger charge is 2.44. The van der Waals surface area contributed by atoms with Gasteiger partial charge in [0.1, 0.15) is 5.75 Å². The number of amides is 1. The Bertz CT molecular complexity index is 919. The second-order valence-electron chi connectivity index (χ2n) is 7.44. The summed E-state index contributed by atoms with van der Waals surface area (Å²) >= 11 is 0. The van der Waals surface area contributed by atoms with Crippen LogP contribution in [0, 0.1) is 0 Å². The molecule has 7 nitrogen and oxygen atoms in total. The summed E-state index contributed by atoms with van der Waals surface area (Å²) < 4.78 is 10.9. The van der Waals surface area contributed by atoms with Crippen LogP contribution in [-0.4, -0.2) is 47.8 Å². The maximum absolute atomic E-state index is 12.9. The molecule has 28 heavy (non-hydrogen) atoms. The summed E-state index contributed by atoms with van der Waals surface area (Å²) in [5.41, 5.74) is 8.25. The van der Waals surface area contributed by atoms with E-state index in [4.69, 9.17) is 15.2 Å². The minimum atomic E-state index is -0.372. The predicted octanol–water partition coefficient (Wildman–Crippen LogP) is 2.13. The fraction of sp³-hybridized carbons (Fsp3) is 0.381. The first kappa shape index (κ1) is 18.4. The van der Waals surface area contributed by atoms with Crippen LogP contribution >= 0.6 is 0 Å². The van der Waals surface area contributed by atoms with E-state index >= 15 is 0 Å². The molecule has 0 radical (unpaired) electrons. The van der Waals surface area contributed by atoms with E-state index in [1.807, 2.05) is 12.1 Å². The lowest BCUT2D eigenvalue weighted by atomic mass is 9.74. The van der Waals surface area contributed by atoms with Crippen molar-refractivity contribution in [2.24, 2.45) is 5.73 Å². The number of benzene rings is 2. The molecule has 2 aromatic carbocycles. The summed E-state index contributed by atoms with van der Waals surface area (Å²) in [6, 6.07) is 8.81. The molecule has 0 atom stereocenters. The van der Waals surface area contributed by atoms with Gasteiger partial charge in [-0.15, -0.1) is 0 Å². The molecule has 0 saturated carbocycles. The number of hydrogen-bond donors (Lipinski definition) is 3. The van der Waals surface area contributed by atoms with E-state index in [1.54, 1.807) is 4.90 Å². The fourth-order valence-corrected chi connectivity index (χ4v) is 4.14. The van der Waals surface area contributed by atoms with Gasteiger partial charge in [-0.1, -0.05) is 12.1 Å². The van der Waals surface area contributed by atoms with Gasteiger partial charge in [-0.25, -0.2) is 0 Å². The molecule has 148 valence electrons. The van der Waals surface area contributed by atoms with Crippen molar-refractivity contribution >= 4 is 5.91 Å². The number of methoxy groups -OCH3 is 1. The topological polar surface area (TPSA) is 105 Å². The quantitative estimate of drug-likeness (QED) is 0.700. The second kappa shape index (κ2) is 6.91. The molecule has 1 amide bonds. The zero-order chi connectivity index (χ0) is 19.9. The van der Waals surface area contributed by atoms with E-state index in [0.29, 0.717) is 26.2 Å². The lowest BCUT2D eigenvalue weighted by Gasteiger charge is -2.38. The third kappa shape index (κ3) is 2.92. The van der Waals surface area contributed by atoms with E-state index in [0.717, 1.165) is 24.2 Å². The Morgan fingerprint density at radius 2 is 2.00 bits per heavy atom. The van der Waals surface area contributed by atoms with Gasteiger partial charge in [0.2, 0.25) is 5.75 Å². The molecule has 0 bridgehead atoms. The number of nitrogens with two attached hydrogens (primary N) is 1. The monoisotopic (exact) mass is 384 g/mol. The highest BCUT2D eigenvalue weighted by Crippen LogP contribution is 2.46. The highest BCUT2D eigenvalue weighted by atomic mass is 16.5. The van der Waals surface area contributed by atoms with Gasteiger partial charge in [-0.05, 0) is 36.6 Å². The van der Waals surface area contributed by atoms with Gasteiger partial charge in [0.15, 0.2) is 11.5 Å². The van der Waals surface area contributed by atoms with Gasteiger partial charge >= 0.3 is 0 Å². The van der Waals surface area contributed by atoms with Crippen molar-refractivity contribution in [3.8, 4) is 23.0 Å². The number of phenols is 2. The number of rotatable bonds is 3. The average Bonchev–Trinajstić information content (AvgIpc) is 3.07. The number of phenolic OH excluding ortho intramolecular Hbond substituents is 2. The molecule has 2 aliphatic rings. The van der Waals surface area contributed by atoms with E-state index in [1.165, 1.54) is 24.8 Å². The van der Waals surface area contributed by atoms with E-state index in [2.05, 4.69) is 6.07 Å². The molecular weight excluding hydrogens is 360 g/mol. The van der Waals surface area contributed by atoms with Crippen LogP contribution in [0.25, 0.3) is 0 Å². The highest BCUT2D eigenvalue weighted by molar-refractivity contribution is 5.95. The van der Waals surface area contributed by atoms with Crippen molar-refractivity contribution < 1.29 is 24.5 Å². The van der Waals surface area contributed by atoms with Crippen molar-refractivity contribution in [1.82, 2.24) is 4.90 Å². The summed E-state index contributed by atoms with van der Waals surface area (Å²) in [4.78, 5) is 14.7. The Hall–Kier alpha value is -2.93. The molecule has 2 aliphatic heterocycles. The third-order valence-electron chi connectivity index (χ3n) is 5.88. The van der Waals surface area contributed by atoms with Gasteiger partial charge in [0, 0.05) is 36.2 Å². The van der Waals surface area contributed by atoms with Gasteiger partial charge in [0.05, 0.1) is 13.7 Å². The first-order valence-electron chi connectivity index (χ1n) is 9.33. The number of aromatic hydroxyl groups is 2. The summed E-state index contributed by atoms with van der Waals surface area (Å²) in [5.74, 6) is 0.0448. The number of hydrogen-bond acceptors (Lipinski definition) is 6. The fourth-order valence-electron chi connectivity index (χ4n) is 4.14. The number of piperidine rings is 1. The standard InChI is InChI=1S/C21H24N2O5/c1-27-18-10-14(9-16(24)19(18)25)20(26)23-6-4-21(5-7-23)12-28-17-3-2-13(11-22)8-15(17)21/h2-3,8-10,24-25H,4-7,11-12,22H2,1H3. The molecule has 1 saturated heterocycles. The maximum Gasteiger partial charge on any atom is 0.254 e. The number of ether oxygens (including phenoxy) is 2. The maximum atomic E-state index is 12.9. The number of likely N-dealkylation sites (tertiary alicyclic amines) is 1. The molecule has 4 N–H and O–H groups in total. The lowest BCUT2D eigenvalue weighted by molar-refractivity contribution is 0.0645. The number of nitrogens with zero attached hydrogens (tertiary/aromatic N) is 1. The second-order valence-corrected chi connectivity index (χ2v) is 7.44. The van der Waals surface area contributed by atoms with Crippen molar-refractivity contribution in [3.63, 3.8) is 0 Å². The molecule has 0 aliphatic carbocycles. The smallest absolute Gasteiger partial charge is 0.254 e. The summed E-state index contributed by atoms with van der Waals surface area (Å²) in [5, 5.41) is 19.6. The predicted molar refractivity (Wildman–Crippen MR) is 103 cm³/mol. The van der Waals surface area contributed by atoms with Crippen molar-refractivity contribution in [3.05, 3.63) is 47.0 Å². The zero-order valence-electron chi connectivity index (χ0n) is 15.8. The third-order valence-corrected chi connectivity index (χ3v) is 5.88. The minimum absolute atomic E-state index is 0.0734. The lowest BCUT2D eigenvalue weighted by Crippen LogP contribution is -2.46. The Morgan fingerprint density at radius 3 is 2.68 bits per heavy atom. The largest absolute Gasteiger partial charge is 0.504 e. The Kier molecular flexibility index (Phi) is 4.55. The molecule has 2 aromatic rings. The average molecular weight is 384 g/mol. The SMILES string of the molecule is COc1cc(C(=O)N2CCC3(CC2)COc2ccc(CN)cc23)cc(O)c1O. The molecule has 0 aromatic heterocycles. The van der Waals surface area contributed by atoms with Crippen LogP contribution in [-0.2, 0) is 12.0 Å². The van der Waals surface area contributed by atoms with Crippen molar-refractivity contribution in [2.45, 2.75) is 24.8 Å². The zero-order valence-corrected chi connectivity index (χ0v) is 15.8. The molecule has 7 heteroatoms. The summed E-state index contributed by atoms with van der Waals surface area (Å²) in [6.07, 6.45) is 1.59. The Balaban J connectivity index is 1.53. The van der Waals surface area contributed by atoms with Gasteiger partial charge in [0.25, 0.3) is 5.91 Å². The van der Waals surface area contributed by atoms with Crippen molar-refractivity contribution in [2.75, 3.05) is 26.8 Å². The van der Waals surface area contributed by atoms with Crippen LogP contribution in [0.2, 0.25) is 0 Å². The summed E-state index contributed by atoms with van der Waals surface area (Å²) in [6.45, 7) is 2.27. The van der Waals surface area contributed by atoms with Crippen LogP contribution in [0.4, 0.5) is 0 Å². The Morgan fingerprint density at radius 1 is 1.25 bits per heavy atom. The van der Waals surface area contributed by atoms with Crippen LogP contribution < -0.4 is 15.2 Å². The van der Waals surface area contributed by atoms with Gasteiger partial charge < -0.3 is 30.3 Å². The van der Waals surface area contributed by atoms with Crippen molar-refractivity contribution in [1.29, 1.82) is 0 Å². The summed E-state index contributed by atoms with van der Waals surface area (Å²) in [7, 11) is 1.38. The van der Waals surface area contributed by atoms with E-state index < -0.39 is 0 Å². The molecule has 4 rings (SSSR count). The van der Waals surface area contributed by atoms with Gasteiger partial charge in [-0.2, -0.15) is 0 Å². The number of carbonyl (C=O) groups excluding carboxylic acids is 1.